The van der Waals surface area contributed by atoms with Crippen LogP contribution in [0.1, 0.15) is 79.1 Å². The number of carbonyl (C=O) groups is 2. The third-order valence-corrected chi connectivity index (χ3v) is 9.08. The maximum absolute atomic E-state index is 12.7. The number of hydrogen-bond acceptors (Lipinski definition) is 4. The van der Waals surface area contributed by atoms with Gasteiger partial charge >= 0.3 is 5.97 Å². The fourth-order valence-electron chi connectivity index (χ4n) is 7.70. The van der Waals surface area contributed by atoms with Crippen molar-refractivity contribution in [1.29, 1.82) is 0 Å². The minimum Gasteiger partial charge on any atom is -0.451 e. The normalized spacial score (nSPS) is 48.7. The highest BCUT2D eigenvalue weighted by Gasteiger charge is 2.67. The van der Waals surface area contributed by atoms with Crippen LogP contribution < -0.4 is 0 Å². The van der Waals surface area contributed by atoms with Crippen molar-refractivity contribution in [3.05, 3.63) is 11.6 Å². The average Bonchev–Trinajstić information content (AvgIpc) is 2.89. The second kappa shape index (κ2) is 6.17. The van der Waals surface area contributed by atoms with Crippen LogP contribution in [-0.2, 0) is 14.3 Å². The van der Waals surface area contributed by atoms with Crippen molar-refractivity contribution in [2.24, 2.45) is 28.6 Å². The largest absolute Gasteiger partial charge is 0.451 e. The van der Waals surface area contributed by atoms with Gasteiger partial charge in [-0.15, -0.1) is 0 Å². The predicted octanol–water partition coefficient (Wildman–Crippen LogP) is 4.20. The van der Waals surface area contributed by atoms with Crippen molar-refractivity contribution < 1.29 is 19.4 Å². The quantitative estimate of drug-likeness (QED) is 0.581. The summed E-state index contributed by atoms with van der Waals surface area (Å²) in [5.41, 5.74) is 0.442. The molecular formula is C23H34O4. The van der Waals surface area contributed by atoms with Gasteiger partial charge < -0.3 is 9.84 Å². The first-order valence-corrected chi connectivity index (χ1v) is 10.7. The summed E-state index contributed by atoms with van der Waals surface area (Å²) in [5.74, 6) is 1.25. The summed E-state index contributed by atoms with van der Waals surface area (Å²) in [7, 11) is 0. The molecule has 0 aromatic rings. The fourth-order valence-corrected chi connectivity index (χ4v) is 7.70. The van der Waals surface area contributed by atoms with E-state index in [1.165, 1.54) is 12.5 Å². The van der Waals surface area contributed by atoms with Crippen LogP contribution in [0, 0.1) is 28.6 Å². The molecule has 0 aromatic heterocycles. The number of carbonyl (C=O) groups excluding carboxylic acids is 2. The first-order valence-electron chi connectivity index (χ1n) is 10.7. The lowest BCUT2D eigenvalue weighted by Gasteiger charge is -2.59. The molecule has 27 heavy (non-hydrogen) atoms. The lowest BCUT2D eigenvalue weighted by atomic mass is 9.46. The average molecular weight is 375 g/mol. The standard InChI is InChI=1S/C23H34O4/c1-14(24)23(27-15(2)25)12-9-20-18-6-5-16-13-17(26)7-10-21(16,3)19(18)8-11-22(20,23)4/h5,17-20,26H,6-13H2,1-4H3. The minimum absolute atomic E-state index is 0.0141. The lowest BCUT2D eigenvalue weighted by Crippen LogP contribution is -2.58. The minimum atomic E-state index is -0.942. The highest BCUT2D eigenvalue weighted by molar-refractivity contribution is 5.89. The van der Waals surface area contributed by atoms with Gasteiger partial charge in [-0.05, 0) is 81.5 Å². The van der Waals surface area contributed by atoms with Gasteiger partial charge in [-0.3, -0.25) is 9.59 Å². The number of hydrogen-bond donors (Lipinski definition) is 1. The molecule has 0 amide bonds. The van der Waals surface area contributed by atoms with Crippen molar-refractivity contribution in [2.75, 3.05) is 0 Å². The molecule has 4 rings (SSSR count). The van der Waals surface area contributed by atoms with E-state index < -0.39 is 5.60 Å². The van der Waals surface area contributed by atoms with E-state index in [9.17, 15) is 14.7 Å². The monoisotopic (exact) mass is 374 g/mol. The van der Waals surface area contributed by atoms with Crippen LogP contribution in [0.5, 0.6) is 0 Å². The Kier molecular flexibility index (Phi) is 4.38. The van der Waals surface area contributed by atoms with Gasteiger partial charge in [-0.2, -0.15) is 0 Å². The van der Waals surface area contributed by atoms with Crippen LogP contribution in [0.3, 0.4) is 0 Å². The molecule has 1 N–H and O–H groups in total. The molecule has 3 saturated carbocycles. The Bertz CT molecular complexity index is 696. The highest BCUT2D eigenvalue weighted by Crippen LogP contribution is 2.68. The molecule has 0 saturated heterocycles. The first kappa shape index (κ1) is 19.2. The number of aliphatic hydroxyl groups excluding tert-OH is 1. The summed E-state index contributed by atoms with van der Waals surface area (Å²) in [4.78, 5) is 24.6. The molecule has 150 valence electrons. The molecule has 7 unspecified atom stereocenters. The zero-order valence-electron chi connectivity index (χ0n) is 17.2. The molecule has 4 nitrogen and oxygen atoms in total. The predicted molar refractivity (Wildman–Crippen MR) is 103 cm³/mol. The van der Waals surface area contributed by atoms with Gasteiger partial charge in [0.1, 0.15) is 0 Å². The van der Waals surface area contributed by atoms with Gasteiger partial charge in [0.25, 0.3) is 0 Å². The summed E-state index contributed by atoms with van der Waals surface area (Å²) in [6.07, 6.45) is 9.68. The zero-order chi connectivity index (χ0) is 19.6. The third kappa shape index (κ3) is 2.51. The third-order valence-electron chi connectivity index (χ3n) is 9.08. The molecule has 0 spiro atoms. The Balaban J connectivity index is 1.70. The van der Waals surface area contributed by atoms with Crippen LogP contribution in [0.2, 0.25) is 0 Å². The fraction of sp³-hybridized carbons (Fsp3) is 0.826. The number of aliphatic hydroxyl groups is 1. The van der Waals surface area contributed by atoms with Crippen molar-refractivity contribution in [3.8, 4) is 0 Å². The van der Waals surface area contributed by atoms with Gasteiger partial charge in [-0.25, -0.2) is 0 Å². The number of fused-ring (bicyclic) bond motifs is 5. The number of ketones is 1. The second-order valence-corrected chi connectivity index (χ2v) is 10.1. The van der Waals surface area contributed by atoms with Crippen LogP contribution in [0.15, 0.2) is 11.6 Å². The Morgan fingerprint density at radius 2 is 1.78 bits per heavy atom. The number of esters is 1. The molecule has 7 atom stereocenters. The maximum atomic E-state index is 12.7. The second-order valence-electron chi connectivity index (χ2n) is 10.1. The molecule has 4 aliphatic carbocycles. The number of Topliss-reactive ketones (excluding diaryl/α,β-unsaturated/α-hetero) is 1. The van der Waals surface area contributed by atoms with Crippen molar-refractivity contribution >= 4 is 11.8 Å². The first-order chi connectivity index (χ1) is 12.6. The topological polar surface area (TPSA) is 63.6 Å². The lowest BCUT2D eigenvalue weighted by molar-refractivity contribution is -0.186. The molecule has 0 aliphatic heterocycles. The van der Waals surface area contributed by atoms with Crippen LogP contribution in [0.25, 0.3) is 0 Å². The van der Waals surface area contributed by atoms with Crippen LogP contribution >= 0.6 is 0 Å². The molecule has 3 fully saturated rings. The Labute approximate surface area is 162 Å². The highest BCUT2D eigenvalue weighted by atomic mass is 16.6. The molecule has 4 aliphatic rings. The van der Waals surface area contributed by atoms with E-state index in [2.05, 4.69) is 19.9 Å². The van der Waals surface area contributed by atoms with E-state index in [-0.39, 0.29) is 28.7 Å². The Hall–Kier alpha value is -1.16. The van der Waals surface area contributed by atoms with Gasteiger partial charge in [0.2, 0.25) is 0 Å². The molecule has 0 heterocycles. The van der Waals surface area contributed by atoms with Crippen LogP contribution in [0.4, 0.5) is 0 Å². The molecule has 0 bridgehead atoms. The van der Waals surface area contributed by atoms with Gasteiger partial charge in [0.15, 0.2) is 11.4 Å². The number of rotatable bonds is 2. The molecule has 4 heteroatoms. The maximum Gasteiger partial charge on any atom is 0.303 e. The van der Waals surface area contributed by atoms with Crippen LogP contribution in [-0.4, -0.2) is 28.6 Å². The smallest absolute Gasteiger partial charge is 0.303 e. The zero-order valence-corrected chi connectivity index (χ0v) is 17.2. The van der Waals surface area contributed by atoms with E-state index >= 15 is 0 Å². The summed E-state index contributed by atoms with van der Waals surface area (Å²) in [5, 5.41) is 10.1. The molecule has 0 aromatic carbocycles. The van der Waals surface area contributed by atoms with Crippen molar-refractivity contribution in [3.63, 3.8) is 0 Å². The van der Waals surface area contributed by atoms with Crippen molar-refractivity contribution in [1.82, 2.24) is 0 Å². The molecule has 0 radical (unpaired) electrons. The summed E-state index contributed by atoms with van der Waals surface area (Å²) < 4.78 is 5.82. The summed E-state index contributed by atoms with van der Waals surface area (Å²) in [6.45, 7) is 7.64. The Morgan fingerprint density at radius 3 is 2.44 bits per heavy atom. The van der Waals surface area contributed by atoms with E-state index in [1.807, 2.05) is 0 Å². The van der Waals surface area contributed by atoms with Gasteiger partial charge in [-0.1, -0.05) is 25.5 Å². The van der Waals surface area contributed by atoms with E-state index in [0.717, 1.165) is 44.9 Å². The summed E-state index contributed by atoms with van der Waals surface area (Å²) >= 11 is 0. The van der Waals surface area contributed by atoms with Crippen molar-refractivity contribution in [2.45, 2.75) is 90.8 Å². The SMILES string of the molecule is CC(=O)OC1(C(C)=O)CCC2C3CC=C4CC(O)CCC4(C)C3CCC21C. The summed E-state index contributed by atoms with van der Waals surface area (Å²) in [6, 6.07) is 0. The van der Waals surface area contributed by atoms with E-state index in [4.69, 9.17) is 4.74 Å². The Morgan fingerprint density at radius 1 is 1.07 bits per heavy atom. The molecular weight excluding hydrogens is 340 g/mol. The number of ether oxygens (including phenoxy) is 1. The van der Waals surface area contributed by atoms with E-state index in [0.29, 0.717) is 24.2 Å². The van der Waals surface area contributed by atoms with Gasteiger partial charge in [0, 0.05) is 12.3 Å². The number of allylic oxidation sites excluding steroid dienone is 1. The van der Waals surface area contributed by atoms with Gasteiger partial charge in [0.05, 0.1) is 6.10 Å². The van der Waals surface area contributed by atoms with E-state index in [1.54, 1.807) is 6.92 Å².